The highest BCUT2D eigenvalue weighted by Crippen LogP contribution is 2.11. The molecule has 1 heterocycles. The third kappa shape index (κ3) is 3.76. The smallest absolute Gasteiger partial charge is 0.0594 e. The summed E-state index contributed by atoms with van der Waals surface area (Å²) in [6.07, 6.45) is 0. The molecule has 1 saturated heterocycles. The highest BCUT2D eigenvalue weighted by molar-refractivity contribution is 5.85. The van der Waals surface area contributed by atoms with Crippen molar-refractivity contribution in [1.29, 1.82) is 0 Å². The molecule has 1 atom stereocenters. The van der Waals surface area contributed by atoms with Crippen molar-refractivity contribution >= 4 is 12.4 Å². The molecule has 1 unspecified atom stereocenters. The van der Waals surface area contributed by atoms with Gasteiger partial charge in [-0.25, -0.2) is 0 Å². The van der Waals surface area contributed by atoms with Crippen molar-refractivity contribution in [2.24, 2.45) is 5.73 Å². The van der Waals surface area contributed by atoms with Gasteiger partial charge in [0.05, 0.1) is 13.2 Å². The van der Waals surface area contributed by atoms with Gasteiger partial charge in [-0.05, 0) is 5.56 Å². The summed E-state index contributed by atoms with van der Waals surface area (Å²) >= 11 is 0. The third-order valence-corrected chi connectivity index (χ3v) is 2.79. The van der Waals surface area contributed by atoms with Crippen LogP contribution in [0.1, 0.15) is 11.6 Å². The van der Waals surface area contributed by atoms with Gasteiger partial charge in [0, 0.05) is 25.7 Å². The molecule has 2 rings (SSSR count). The fourth-order valence-electron chi connectivity index (χ4n) is 1.87. The van der Waals surface area contributed by atoms with E-state index in [1.165, 1.54) is 5.56 Å². The maximum absolute atomic E-state index is 6.14. The molecule has 3 nitrogen and oxygen atoms in total. The van der Waals surface area contributed by atoms with Gasteiger partial charge in [0.1, 0.15) is 0 Å². The second kappa shape index (κ2) is 6.86. The fourth-order valence-corrected chi connectivity index (χ4v) is 1.87. The highest BCUT2D eigenvalue weighted by atomic mass is 35.5. The summed E-state index contributed by atoms with van der Waals surface area (Å²) in [7, 11) is 0. The number of nitrogens with zero attached hydrogens (tertiary/aromatic N) is 1. The first-order valence-corrected chi connectivity index (χ1v) is 5.47. The van der Waals surface area contributed by atoms with Gasteiger partial charge < -0.3 is 10.5 Å². The Morgan fingerprint density at radius 3 is 2.44 bits per heavy atom. The molecule has 0 saturated carbocycles. The predicted octanol–water partition coefficient (Wildman–Crippen LogP) is 1.44. The van der Waals surface area contributed by atoms with Crippen LogP contribution in [0.2, 0.25) is 0 Å². The maximum Gasteiger partial charge on any atom is 0.0594 e. The Morgan fingerprint density at radius 1 is 1.19 bits per heavy atom. The zero-order valence-corrected chi connectivity index (χ0v) is 10.2. The van der Waals surface area contributed by atoms with Crippen molar-refractivity contribution in [1.82, 2.24) is 4.90 Å². The van der Waals surface area contributed by atoms with Gasteiger partial charge >= 0.3 is 0 Å². The van der Waals surface area contributed by atoms with E-state index in [1.807, 2.05) is 18.2 Å². The largest absolute Gasteiger partial charge is 0.379 e. The molecule has 4 heteroatoms. The van der Waals surface area contributed by atoms with Crippen LogP contribution in [0.5, 0.6) is 0 Å². The quantitative estimate of drug-likeness (QED) is 0.872. The molecule has 16 heavy (non-hydrogen) atoms. The lowest BCUT2D eigenvalue weighted by Gasteiger charge is -2.29. The molecule has 2 N–H and O–H groups in total. The summed E-state index contributed by atoms with van der Waals surface area (Å²) < 4.78 is 5.30. The number of nitrogens with two attached hydrogens (primary N) is 1. The lowest BCUT2D eigenvalue weighted by molar-refractivity contribution is 0.0352. The van der Waals surface area contributed by atoms with E-state index in [0.29, 0.717) is 0 Å². The number of ether oxygens (including phenoxy) is 1. The summed E-state index contributed by atoms with van der Waals surface area (Å²) in [5, 5.41) is 0. The number of halogens is 1. The number of rotatable bonds is 3. The molecule has 0 spiro atoms. The molecule has 0 aromatic heterocycles. The van der Waals surface area contributed by atoms with Gasteiger partial charge in [-0.3, -0.25) is 4.90 Å². The van der Waals surface area contributed by atoms with Gasteiger partial charge in [-0.1, -0.05) is 30.3 Å². The second-order valence-corrected chi connectivity index (χ2v) is 3.93. The first-order valence-electron chi connectivity index (χ1n) is 5.47. The molecule has 90 valence electrons. The lowest BCUT2D eigenvalue weighted by atomic mass is 10.1. The molecule has 1 fully saturated rings. The van der Waals surface area contributed by atoms with Crippen LogP contribution in [0.4, 0.5) is 0 Å². The first-order chi connectivity index (χ1) is 7.36. The molecule has 0 radical (unpaired) electrons. The van der Waals surface area contributed by atoms with Gasteiger partial charge in [0.15, 0.2) is 0 Å². The van der Waals surface area contributed by atoms with E-state index in [1.54, 1.807) is 0 Å². The molecule has 1 aromatic carbocycles. The predicted molar refractivity (Wildman–Crippen MR) is 67.9 cm³/mol. The van der Waals surface area contributed by atoms with E-state index in [-0.39, 0.29) is 18.4 Å². The Hall–Kier alpha value is -0.610. The van der Waals surface area contributed by atoms with Gasteiger partial charge in [0.25, 0.3) is 0 Å². The Morgan fingerprint density at radius 2 is 1.81 bits per heavy atom. The van der Waals surface area contributed by atoms with Gasteiger partial charge in [-0.2, -0.15) is 0 Å². The molecule has 1 aliphatic rings. The Kier molecular flexibility index (Phi) is 5.77. The van der Waals surface area contributed by atoms with Crippen LogP contribution in [0, 0.1) is 0 Å². The van der Waals surface area contributed by atoms with Crippen LogP contribution >= 0.6 is 12.4 Å². The van der Waals surface area contributed by atoms with E-state index in [4.69, 9.17) is 10.5 Å². The monoisotopic (exact) mass is 242 g/mol. The average Bonchev–Trinajstić information content (AvgIpc) is 2.31. The molecule has 0 amide bonds. The van der Waals surface area contributed by atoms with E-state index < -0.39 is 0 Å². The Balaban J connectivity index is 0.00000128. The molecule has 1 aliphatic heterocycles. The summed E-state index contributed by atoms with van der Waals surface area (Å²) in [5.74, 6) is 0. The van der Waals surface area contributed by atoms with Crippen LogP contribution in [-0.2, 0) is 4.74 Å². The van der Waals surface area contributed by atoms with Crippen LogP contribution in [0.15, 0.2) is 30.3 Å². The SMILES string of the molecule is Cl.NC(CN1CCOCC1)c1ccccc1. The van der Waals surface area contributed by atoms with Crippen LogP contribution < -0.4 is 5.73 Å². The molecule has 0 aliphatic carbocycles. The summed E-state index contributed by atoms with van der Waals surface area (Å²) in [6.45, 7) is 4.59. The maximum atomic E-state index is 6.14. The molecular weight excluding hydrogens is 224 g/mol. The first kappa shape index (κ1) is 13.5. The van der Waals surface area contributed by atoms with Gasteiger partial charge in [-0.15, -0.1) is 12.4 Å². The van der Waals surface area contributed by atoms with Crippen LogP contribution in [0.3, 0.4) is 0 Å². The van der Waals surface area contributed by atoms with Crippen molar-refractivity contribution in [2.45, 2.75) is 6.04 Å². The zero-order chi connectivity index (χ0) is 10.5. The number of hydrogen-bond donors (Lipinski definition) is 1. The fraction of sp³-hybridized carbons (Fsp3) is 0.500. The Labute approximate surface area is 103 Å². The van der Waals surface area contributed by atoms with Crippen molar-refractivity contribution in [3.63, 3.8) is 0 Å². The van der Waals surface area contributed by atoms with E-state index in [9.17, 15) is 0 Å². The summed E-state index contributed by atoms with van der Waals surface area (Å²) in [5.41, 5.74) is 7.36. The minimum absolute atomic E-state index is 0. The zero-order valence-electron chi connectivity index (χ0n) is 9.34. The number of benzene rings is 1. The number of morpholine rings is 1. The van der Waals surface area contributed by atoms with Crippen LogP contribution in [-0.4, -0.2) is 37.7 Å². The second-order valence-electron chi connectivity index (χ2n) is 3.93. The third-order valence-electron chi connectivity index (χ3n) is 2.79. The normalized spacial score (nSPS) is 18.8. The minimum atomic E-state index is 0. The molecule has 0 bridgehead atoms. The van der Waals surface area contributed by atoms with Crippen molar-refractivity contribution in [3.8, 4) is 0 Å². The molecular formula is C12H19ClN2O. The summed E-state index contributed by atoms with van der Waals surface area (Å²) in [6, 6.07) is 10.4. The lowest BCUT2D eigenvalue weighted by Crippen LogP contribution is -2.40. The van der Waals surface area contributed by atoms with E-state index in [0.717, 1.165) is 32.8 Å². The topological polar surface area (TPSA) is 38.5 Å². The molecule has 1 aromatic rings. The van der Waals surface area contributed by atoms with E-state index >= 15 is 0 Å². The van der Waals surface area contributed by atoms with Crippen molar-refractivity contribution < 1.29 is 4.74 Å². The van der Waals surface area contributed by atoms with Crippen molar-refractivity contribution in [3.05, 3.63) is 35.9 Å². The minimum Gasteiger partial charge on any atom is -0.379 e. The Bertz CT molecular complexity index is 288. The van der Waals surface area contributed by atoms with E-state index in [2.05, 4.69) is 17.0 Å². The summed E-state index contributed by atoms with van der Waals surface area (Å²) in [4.78, 5) is 2.36. The standard InChI is InChI=1S/C12H18N2O.ClH/c13-12(11-4-2-1-3-5-11)10-14-6-8-15-9-7-14;/h1-5,12H,6-10,13H2;1H. The average molecular weight is 243 g/mol. The number of hydrogen-bond acceptors (Lipinski definition) is 3. The highest BCUT2D eigenvalue weighted by Gasteiger charge is 2.14. The van der Waals surface area contributed by atoms with Crippen LogP contribution in [0.25, 0.3) is 0 Å². The van der Waals surface area contributed by atoms with Gasteiger partial charge in [0.2, 0.25) is 0 Å². The van der Waals surface area contributed by atoms with Crippen molar-refractivity contribution in [2.75, 3.05) is 32.8 Å².